The van der Waals surface area contributed by atoms with Crippen LogP contribution in [0.3, 0.4) is 0 Å². The van der Waals surface area contributed by atoms with Crippen molar-refractivity contribution in [3.63, 3.8) is 0 Å². The molecule has 3 rings (SSSR count). The topological polar surface area (TPSA) is 33.2 Å². The summed E-state index contributed by atoms with van der Waals surface area (Å²) in [5.41, 5.74) is 4.17. The van der Waals surface area contributed by atoms with E-state index in [4.69, 9.17) is 0 Å². The molecule has 1 amide bonds. The fourth-order valence-corrected chi connectivity index (χ4v) is 3.99. The Balaban J connectivity index is 1.87. The van der Waals surface area contributed by atoms with Gasteiger partial charge in [0.2, 0.25) is 0 Å². The van der Waals surface area contributed by atoms with Gasteiger partial charge in [-0.15, -0.1) is 11.3 Å². The molecule has 2 fully saturated rings. The lowest BCUT2D eigenvalue weighted by atomic mass is 9.96. The number of rotatable bonds is 1. The summed E-state index contributed by atoms with van der Waals surface area (Å²) in [7, 11) is 0. The third kappa shape index (κ3) is 1.79. The standard InChI is InChI=1S/C14H18N2OS/c1-3-10-6-11-4-5-12(7-10)16(11)14(17)13-9(2)15-8-18-13/h3,8,11-12H,4-7H2,1-2H3. The first-order valence-electron chi connectivity index (χ1n) is 6.57. The smallest absolute Gasteiger partial charge is 0.266 e. The molecule has 0 spiro atoms. The summed E-state index contributed by atoms with van der Waals surface area (Å²) in [6, 6.07) is 0.841. The number of amides is 1. The summed E-state index contributed by atoms with van der Waals surface area (Å²) in [6.45, 7) is 4.03. The van der Waals surface area contributed by atoms with Gasteiger partial charge in [0.1, 0.15) is 4.88 Å². The van der Waals surface area contributed by atoms with Gasteiger partial charge in [-0.05, 0) is 39.5 Å². The van der Waals surface area contributed by atoms with Crippen molar-refractivity contribution in [3.05, 3.63) is 27.7 Å². The number of carbonyl (C=O) groups excluding carboxylic acids is 1. The molecule has 0 radical (unpaired) electrons. The molecule has 0 aromatic carbocycles. The second kappa shape index (κ2) is 4.50. The van der Waals surface area contributed by atoms with Crippen LogP contribution in [-0.4, -0.2) is 27.9 Å². The Morgan fingerprint density at radius 3 is 2.61 bits per heavy atom. The molecule has 96 valence electrons. The quantitative estimate of drug-likeness (QED) is 0.728. The first kappa shape index (κ1) is 11.9. The molecule has 0 aliphatic carbocycles. The summed E-state index contributed by atoms with van der Waals surface area (Å²) in [4.78, 5) is 19.8. The highest BCUT2D eigenvalue weighted by molar-refractivity contribution is 7.11. The zero-order valence-electron chi connectivity index (χ0n) is 10.8. The average Bonchev–Trinajstić information content (AvgIpc) is 2.90. The normalized spacial score (nSPS) is 26.6. The molecule has 2 saturated heterocycles. The maximum Gasteiger partial charge on any atom is 0.266 e. The van der Waals surface area contributed by atoms with Crippen molar-refractivity contribution in [2.45, 2.75) is 51.6 Å². The predicted octanol–water partition coefficient (Wildman–Crippen LogP) is 3.16. The molecule has 3 nitrogen and oxygen atoms in total. The number of aryl methyl sites for hydroxylation is 1. The molecule has 0 saturated carbocycles. The summed E-state index contributed by atoms with van der Waals surface area (Å²) < 4.78 is 0. The van der Waals surface area contributed by atoms with Gasteiger partial charge < -0.3 is 4.90 Å². The zero-order chi connectivity index (χ0) is 12.7. The monoisotopic (exact) mass is 262 g/mol. The van der Waals surface area contributed by atoms with E-state index in [9.17, 15) is 4.79 Å². The van der Waals surface area contributed by atoms with E-state index in [1.165, 1.54) is 16.9 Å². The maximum atomic E-state index is 12.6. The fraction of sp³-hybridized carbons (Fsp3) is 0.571. The van der Waals surface area contributed by atoms with Gasteiger partial charge in [-0.3, -0.25) is 4.79 Å². The Hall–Kier alpha value is -1.16. The summed E-state index contributed by atoms with van der Waals surface area (Å²) in [6.07, 6.45) is 6.68. The van der Waals surface area contributed by atoms with Crippen LogP contribution in [0.5, 0.6) is 0 Å². The van der Waals surface area contributed by atoms with Crippen LogP contribution < -0.4 is 0 Å². The van der Waals surface area contributed by atoms with Gasteiger partial charge in [-0.2, -0.15) is 0 Å². The van der Waals surface area contributed by atoms with Gasteiger partial charge in [-0.1, -0.05) is 11.6 Å². The summed E-state index contributed by atoms with van der Waals surface area (Å²) >= 11 is 1.47. The van der Waals surface area contributed by atoms with Crippen LogP contribution in [0.25, 0.3) is 0 Å². The number of aromatic nitrogens is 1. The highest BCUT2D eigenvalue weighted by Crippen LogP contribution is 2.39. The van der Waals surface area contributed by atoms with Gasteiger partial charge in [0.05, 0.1) is 11.2 Å². The minimum Gasteiger partial charge on any atom is -0.331 e. The second-order valence-corrected chi connectivity index (χ2v) is 6.07. The van der Waals surface area contributed by atoms with Crippen molar-refractivity contribution in [2.24, 2.45) is 0 Å². The second-order valence-electron chi connectivity index (χ2n) is 5.22. The lowest BCUT2D eigenvalue weighted by Gasteiger charge is -2.36. The van der Waals surface area contributed by atoms with E-state index in [-0.39, 0.29) is 5.91 Å². The van der Waals surface area contributed by atoms with Crippen molar-refractivity contribution >= 4 is 17.2 Å². The number of fused-ring (bicyclic) bond motifs is 2. The van der Waals surface area contributed by atoms with E-state index < -0.39 is 0 Å². The van der Waals surface area contributed by atoms with Crippen LogP contribution in [0.1, 0.15) is 48.0 Å². The van der Waals surface area contributed by atoms with Crippen molar-refractivity contribution in [2.75, 3.05) is 0 Å². The van der Waals surface area contributed by atoms with Crippen LogP contribution in [0, 0.1) is 6.92 Å². The van der Waals surface area contributed by atoms with Gasteiger partial charge in [-0.25, -0.2) is 4.98 Å². The van der Waals surface area contributed by atoms with Crippen LogP contribution >= 0.6 is 11.3 Å². The number of hydrogen-bond donors (Lipinski definition) is 0. The number of allylic oxidation sites excluding steroid dienone is 1. The van der Waals surface area contributed by atoms with Crippen molar-refractivity contribution in [1.29, 1.82) is 0 Å². The molecular formula is C14H18N2OS. The van der Waals surface area contributed by atoms with Gasteiger partial charge >= 0.3 is 0 Å². The minimum atomic E-state index is 0.206. The number of carbonyl (C=O) groups is 1. The number of piperidine rings is 1. The van der Waals surface area contributed by atoms with Crippen LogP contribution in [0.2, 0.25) is 0 Å². The Morgan fingerprint density at radius 2 is 2.11 bits per heavy atom. The third-order valence-electron chi connectivity index (χ3n) is 4.20. The lowest BCUT2D eigenvalue weighted by molar-refractivity contribution is 0.0638. The van der Waals surface area contributed by atoms with E-state index in [0.717, 1.165) is 36.3 Å². The van der Waals surface area contributed by atoms with E-state index >= 15 is 0 Å². The summed E-state index contributed by atoms with van der Waals surface area (Å²) in [5.74, 6) is 0.206. The molecule has 2 bridgehead atoms. The predicted molar refractivity (Wildman–Crippen MR) is 72.8 cm³/mol. The van der Waals surface area contributed by atoms with E-state index in [0.29, 0.717) is 12.1 Å². The Morgan fingerprint density at radius 1 is 1.44 bits per heavy atom. The van der Waals surface area contributed by atoms with E-state index in [1.54, 1.807) is 5.51 Å². The molecule has 1 aromatic rings. The number of thiazole rings is 1. The van der Waals surface area contributed by atoms with Crippen LogP contribution in [-0.2, 0) is 0 Å². The number of nitrogens with zero attached hydrogens (tertiary/aromatic N) is 2. The molecule has 2 atom stereocenters. The van der Waals surface area contributed by atoms with E-state index in [2.05, 4.69) is 22.9 Å². The highest BCUT2D eigenvalue weighted by atomic mass is 32.1. The van der Waals surface area contributed by atoms with E-state index in [1.807, 2.05) is 6.92 Å². The third-order valence-corrected chi connectivity index (χ3v) is 5.11. The average molecular weight is 262 g/mol. The van der Waals surface area contributed by atoms with Crippen LogP contribution in [0.4, 0.5) is 0 Å². The summed E-state index contributed by atoms with van der Waals surface area (Å²) in [5, 5.41) is 0. The molecule has 0 N–H and O–H groups in total. The molecule has 2 aliphatic rings. The molecule has 18 heavy (non-hydrogen) atoms. The lowest BCUT2D eigenvalue weighted by Crippen LogP contribution is -2.44. The van der Waals surface area contributed by atoms with Crippen molar-refractivity contribution in [3.8, 4) is 0 Å². The zero-order valence-corrected chi connectivity index (χ0v) is 11.7. The Labute approximate surface area is 112 Å². The first-order valence-corrected chi connectivity index (χ1v) is 7.45. The maximum absolute atomic E-state index is 12.6. The molecule has 2 unspecified atom stereocenters. The number of hydrogen-bond acceptors (Lipinski definition) is 3. The minimum absolute atomic E-state index is 0.206. The van der Waals surface area contributed by atoms with Gasteiger partial charge in [0.15, 0.2) is 0 Å². The SMILES string of the molecule is CC=C1CC2CCC(C1)N2C(=O)c1scnc1C. The fourth-order valence-electron chi connectivity index (χ4n) is 3.24. The van der Waals surface area contributed by atoms with Crippen molar-refractivity contribution < 1.29 is 4.79 Å². The Kier molecular flexibility index (Phi) is 2.98. The van der Waals surface area contributed by atoms with Gasteiger partial charge in [0.25, 0.3) is 5.91 Å². The first-order chi connectivity index (χ1) is 8.70. The molecule has 4 heteroatoms. The molecule has 3 heterocycles. The molecular weight excluding hydrogens is 244 g/mol. The Bertz CT molecular complexity index is 490. The molecule has 2 aliphatic heterocycles. The van der Waals surface area contributed by atoms with Crippen LogP contribution in [0.15, 0.2) is 17.2 Å². The highest BCUT2D eigenvalue weighted by Gasteiger charge is 2.41. The van der Waals surface area contributed by atoms with Gasteiger partial charge in [0, 0.05) is 12.1 Å². The van der Waals surface area contributed by atoms with Crippen molar-refractivity contribution in [1.82, 2.24) is 9.88 Å². The largest absolute Gasteiger partial charge is 0.331 e. The molecule has 1 aromatic heterocycles.